The molecule has 1 atom stereocenters. The lowest BCUT2D eigenvalue weighted by Gasteiger charge is -2.44. The van der Waals surface area contributed by atoms with Crippen molar-refractivity contribution in [2.24, 2.45) is 0 Å². The Labute approximate surface area is 60.2 Å². The maximum Gasteiger partial charge on any atom is 0.240 e. The van der Waals surface area contributed by atoms with Crippen LogP contribution in [-0.2, 0) is 4.79 Å². The van der Waals surface area contributed by atoms with Crippen LogP contribution in [0.4, 0.5) is 0 Å². The van der Waals surface area contributed by atoms with Crippen LogP contribution in [0.2, 0.25) is 0 Å². The highest BCUT2D eigenvalue weighted by Crippen LogP contribution is 2.26. The van der Waals surface area contributed by atoms with Crippen molar-refractivity contribution < 1.29 is 4.79 Å². The third kappa shape index (κ3) is 0.669. The van der Waals surface area contributed by atoms with Gasteiger partial charge in [0.05, 0.1) is 5.54 Å². The molecule has 2 rings (SSSR count). The Morgan fingerprint density at radius 1 is 1.30 bits per heavy atom. The van der Waals surface area contributed by atoms with Crippen molar-refractivity contribution in [3.8, 4) is 0 Å². The van der Waals surface area contributed by atoms with Crippen LogP contribution in [0.1, 0.15) is 19.3 Å². The van der Waals surface area contributed by atoms with Crippen molar-refractivity contribution >= 4 is 5.91 Å². The quantitative estimate of drug-likeness (QED) is 0.482. The van der Waals surface area contributed by atoms with Crippen LogP contribution in [0.5, 0.6) is 0 Å². The molecule has 2 saturated heterocycles. The molecule has 1 amide bonds. The number of hydrogen-bond donors (Lipinski definition) is 2. The minimum Gasteiger partial charge on any atom is -0.354 e. The van der Waals surface area contributed by atoms with Gasteiger partial charge in [-0.25, -0.2) is 0 Å². The molecule has 0 aromatic heterocycles. The van der Waals surface area contributed by atoms with Crippen LogP contribution in [0.25, 0.3) is 0 Å². The first-order valence-corrected chi connectivity index (χ1v) is 3.87. The SMILES string of the molecule is O=C1NCCCC12CCN2. The van der Waals surface area contributed by atoms with Crippen LogP contribution in [-0.4, -0.2) is 24.5 Å². The van der Waals surface area contributed by atoms with Gasteiger partial charge in [0, 0.05) is 6.54 Å². The van der Waals surface area contributed by atoms with E-state index in [1.54, 1.807) is 0 Å². The second-order valence-electron chi connectivity index (χ2n) is 3.12. The first-order chi connectivity index (χ1) is 4.83. The molecule has 0 aromatic rings. The van der Waals surface area contributed by atoms with Gasteiger partial charge in [0.2, 0.25) is 5.91 Å². The number of nitrogens with one attached hydrogen (secondary N) is 2. The summed E-state index contributed by atoms with van der Waals surface area (Å²) in [6, 6.07) is 0. The molecule has 2 fully saturated rings. The van der Waals surface area contributed by atoms with Gasteiger partial charge in [0.15, 0.2) is 0 Å². The normalized spacial score (nSPS) is 39.0. The number of carbonyl (C=O) groups is 1. The summed E-state index contributed by atoms with van der Waals surface area (Å²) in [6.07, 6.45) is 3.18. The summed E-state index contributed by atoms with van der Waals surface area (Å²) in [7, 11) is 0. The lowest BCUT2D eigenvalue weighted by molar-refractivity contribution is -0.132. The largest absolute Gasteiger partial charge is 0.354 e. The van der Waals surface area contributed by atoms with Gasteiger partial charge in [-0.2, -0.15) is 0 Å². The van der Waals surface area contributed by atoms with Crippen LogP contribution in [0.3, 0.4) is 0 Å². The van der Waals surface area contributed by atoms with E-state index in [4.69, 9.17) is 0 Å². The van der Waals surface area contributed by atoms with E-state index in [1.165, 1.54) is 0 Å². The Balaban J connectivity index is 2.10. The van der Waals surface area contributed by atoms with Crippen LogP contribution < -0.4 is 10.6 Å². The second kappa shape index (κ2) is 1.95. The van der Waals surface area contributed by atoms with Gasteiger partial charge in [-0.1, -0.05) is 0 Å². The number of hydrogen-bond acceptors (Lipinski definition) is 2. The summed E-state index contributed by atoms with van der Waals surface area (Å²) in [4.78, 5) is 11.2. The minimum atomic E-state index is -0.141. The van der Waals surface area contributed by atoms with Crippen molar-refractivity contribution in [3.63, 3.8) is 0 Å². The van der Waals surface area contributed by atoms with Crippen LogP contribution in [0.15, 0.2) is 0 Å². The standard InChI is InChI=1S/C7H12N2O/c10-6-7(3-5-9-7)2-1-4-8-6/h9H,1-5H2,(H,8,10). The van der Waals surface area contributed by atoms with E-state index < -0.39 is 0 Å². The second-order valence-corrected chi connectivity index (χ2v) is 3.12. The van der Waals surface area contributed by atoms with E-state index in [0.29, 0.717) is 0 Å². The molecule has 0 bridgehead atoms. The number of rotatable bonds is 0. The Hall–Kier alpha value is -0.570. The molecule has 2 aliphatic heterocycles. The molecule has 10 heavy (non-hydrogen) atoms. The highest BCUT2D eigenvalue weighted by atomic mass is 16.2. The molecule has 3 heteroatoms. The molecular weight excluding hydrogens is 128 g/mol. The van der Waals surface area contributed by atoms with Gasteiger partial charge in [-0.05, 0) is 25.8 Å². The zero-order chi connectivity index (χ0) is 7.03. The van der Waals surface area contributed by atoms with Crippen LogP contribution in [0, 0.1) is 0 Å². The van der Waals surface area contributed by atoms with Crippen molar-refractivity contribution in [2.45, 2.75) is 24.8 Å². The predicted molar refractivity (Wildman–Crippen MR) is 37.6 cm³/mol. The maximum atomic E-state index is 11.2. The fourth-order valence-corrected chi connectivity index (χ4v) is 1.71. The molecule has 2 N–H and O–H groups in total. The molecule has 0 radical (unpaired) electrons. The molecule has 1 spiro atoms. The molecule has 0 saturated carbocycles. The molecule has 3 nitrogen and oxygen atoms in total. The van der Waals surface area contributed by atoms with Crippen molar-refractivity contribution in [1.82, 2.24) is 10.6 Å². The lowest BCUT2D eigenvalue weighted by atomic mass is 9.80. The van der Waals surface area contributed by atoms with Gasteiger partial charge in [0.1, 0.15) is 0 Å². The maximum absolute atomic E-state index is 11.2. The van der Waals surface area contributed by atoms with E-state index in [-0.39, 0.29) is 11.4 Å². The minimum absolute atomic E-state index is 0.141. The third-order valence-corrected chi connectivity index (χ3v) is 2.52. The first-order valence-electron chi connectivity index (χ1n) is 3.87. The van der Waals surface area contributed by atoms with Crippen LogP contribution >= 0.6 is 0 Å². The number of amides is 1. The Kier molecular flexibility index (Phi) is 1.20. The fraction of sp³-hybridized carbons (Fsp3) is 0.857. The first kappa shape index (κ1) is 6.16. The van der Waals surface area contributed by atoms with Gasteiger partial charge in [-0.15, -0.1) is 0 Å². The highest BCUT2D eigenvalue weighted by molar-refractivity contribution is 5.88. The zero-order valence-corrected chi connectivity index (χ0v) is 5.94. The van der Waals surface area contributed by atoms with E-state index in [9.17, 15) is 4.79 Å². The highest BCUT2D eigenvalue weighted by Gasteiger charge is 2.44. The van der Waals surface area contributed by atoms with E-state index in [2.05, 4.69) is 10.6 Å². The average Bonchev–Trinajstić information content (AvgIpc) is 1.85. The lowest BCUT2D eigenvalue weighted by Crippen LogP contribution is -2.67. The van der Waals surface area contributed by atoms with Gasteiger partial charge < -0.3 is 10.6 Å². The molecule has 0 aliphatic carbocycles. The van der Waals surface area contributed by atoms with Gasteiger partial charge in [0.25, 0.3) is 0 Å². The monoisotopic (exact) mass is 140 g/mol. The summed E-state index contributed by atoms with van der Waals surface area (Å²) < 4.78 is 0. The Morgan fingerprint density at radius 3 is 2.50 bits per heavy atom. The Bertz CT molecular complexity index is 163. The van der Waals surface area contributed by atoms with Crippen molar-refractivity contribution in [1.29, 1.82) is 0 Å². The number of piperidine rings is 1. The topological polar surface area (TPSA) is 41.1 Å². The average molecular weight is 140 g/mol. The summed E-state index contributed by atoms with van der Waals surface area (Å²) in [5.74, 6) is 0.213. The summed E-state index contributed by atoms with van der Waals surface area (Å²) in [5, 5.41) is 6.07. The molecule has 2 aliphatic rings. The van der Waals surface area contributed by atoms with E-state index in [1.807, 2.05) is 0 Å². The smallest absolute Gasteiger partial charge is 0.240 e. The molecule has 56 valence electrons. The predicted octanol–water partition coefficient (Wildman–Crippen LogP) is -0.372. The van der Waals surface area contributed by atoms with Crippen molar-refractivity contribution in [2.75, 3.05) is 13.1 Å². The van der Waals surface area contributed by atoms with Gasteiger partial charge in [-0.3, -0.25) is 4.79 Å². The molecular formula is C7H12N2O. The zero-order valence-electron chi connectivity index (χ0n) is 5.94. The summed E-state index contributed by atoms with van der Waals surface area (Å²) in [5.41, 5.74) is -0.141. The fourth-order valence-electron chi connectivity index (χ4n) is 1.71. The summed E-state index contributed by atoms with van der Waals surface area (Å²) >= 11 is 0. The van der Waals surface area contributed by atoms with Gasteiger partial charge >= 0.3 is 0 Å². The molecule has 0 aromatic carbocycles. The molecule has 1 unspecified atom stereocenters. The van der Waals surface area contributed by atoms with Crippen molar-refractivity contribution in [3.05, 3.63) is 0 Å². The Morgan fingerprint density at radius 2 is 2.10 bits per heavy atom. The summed E-state index contributed by atoms with van der Waals surface area (Å²) in [6.45, 7) is 1.87. The van der Waals surface area contributed by atoms with E-state index in [0.717, 1.165) is 32.4 Å². The third-order valence-electron chi connectivity index (χ3n) is 2.52. The molecule has 2 heterocycles. The number of carbonyl (C=O) groups excluding carboxylic acids is 1. The van der Waals surface area contributed by atoms with E-state index >= 15 is 0 Å².